The van der Waals surface area contributed by atoms with Gasteiger partial charge in [0.05, 0.1) is 30.7 Å². The van der Waals surface area contributed by atoms with Gasteiger partial charge in [-0.15, -0.1) is 0 Å². The number of piperidine rings is 1. The SMILES string of the molecule is Cc1nc2ccc(-c3nc(CO)c(N4CCC5(CC4)CO[C@@H](C)C5)nc3C)cc2o1. The van der Waals surface area contributed by atoms with Gasteiger partial charge in [-0.1, -0.05) is 6.07 Å². The van der Waals surface area contributed by atoms with Crippen molar-refractivity contribution in [3.05, 3.63) is 35.5 Å². The number of aryl methyl sites for hydroxylation is 2. The summed E-state index contributed by atoms with van der Waals surface area (Å²) in [6, 6.07) is 5.86. The third-order valence-corrected chi connectivity index (χ3v) is 6.56. The van der Waals surface area contributed by atoms with Crippen LogP contribution >= 0.6 is 0 Å². The highest BCUT2D eigenvalue weighted by Crippen LogP contribution is 2.42. The van der Waals surface area contributed by atoms with Crippen molar-refractivity contribution in [2.24, 2.45) is 5.41 Å². The van der Waals surface area contributed by atoms with Gasteiger partial charge in [-0.3, -0.25) is 0 Å². The van der Waals surface area contributed by atoms with E-state index in [2.05, 4.69) is 16.8 Å². The van der Waals surface area contributed by atoms with Crippen molar-refractivity contribution in [3.63, 3.8) is 0 Å². The highest BCUT2D eigenvalue weighted by atomic mass is 16.5. The molecule has 2 fully saturated rings. The first-order valence-corrected chi connectivity index (χ1v) is 10.7. The molecule has 0 saturated carbocycles. The van der Waals surface area contributed by atoms with E-state index in [9.17, 15) is 5.11 Å². The third kappa shape index (κ3) is 3.36. The number of rotatable bonds is 3. The number of aliphatic hydroxyl groups is 1. The number of anilines is 1. The molecule has 0 aliphatic carbocycles. The van der Waals surface area contributed by atoms with E-state index in [4.69, 9.17) is 19.1 Å². The zero-order valence-electron chi connectivity index (χ0n) is 17.8. The Bertz CT molecular complexity index is 1090. The predicted molar refractivity (Wildman–Crippen MR) is 114 cm³/mol. The van der Waals surface area contributed by atoms with Gasteiger partial charge in [0.2, 0.25) is 0 Å². The number of oxazole rings is 1. The summed E-state index contributed by atoms with van der Waals surface area (Å²) in [7, 11) is 0. The lowest BCUT2D eigenvalue weighted by molar-refractivity contribution is 0.0975. The molecule has 7 nitrogen and oxygen atoms in total. The van der Waals surface area contributed by atoms with Crippen molar-refractivity contribution < 1.29 is 14.3 Å². The zero-order chi connectivity index (χ0) is 20.9. The lowest BCUT2D eigenvalue weighted by Crippen LogP contribution is -2.41. The smallest absolute Gasteiger partial charge is 0.192 e. The minimum Gasteiger partial charge on any atom is -0.441 e. The average Bonchev–Trinajstić information content (AvgIpc) is 3.29. The molecule has 158 valence electrons. The van der Waals surface area contributed by atoms with Gasteiger partial charge in [-0.2, -0.15) is 0 Å². The molecule has 2 aliphatic rings. The van der Waals surface area contributed by atoms with Gasteiger partial charge in [0.25, 0.3) is 0 Å². The standard InChI is InChI=1S/C23H28N4O3/c1-14-11-23(13-29-14)6-8-27(9-7-23)22-19(12-28)26-21(15(2)24-22)17-4-5-18-20(10-17)30-16(3)25-18/h4-5,10,14,28H,6-9,11-13H2,1-3H3/t14-/m0/s1. The lowest BCUT2D eigenvalue weighted by atomic mass is 9.77. The summed E-state index contributed by atoms with van der Waals surface area (Å²) in [5.41, 5.74) is 5.02. The van der Waals surface area contributed by atoms with Crippen LogP contribution in [0.15, 0.2) is 22.6 Å². The van der Waals surface area contributed by atoms with Gasteiger partial charge in [-0.25, -0.2) is 15.0 Å². The van der Waals surface area contributed by atoms with Gasteiger partial charge in [-0.05, 0) is 50.7 Å². The Morgan fingerprint density at radius 2 is 1.97 bits per heavy atom. The second-order valence-corrected chi connectivity index (χ2v) is 8.81. The van der Waals surface area contributed by atoms with Crippen LogP contribution < -0.4 is 4.90 Å². The molecule has 2 saturated heterocycles. The maximum Gasteiger partial charge on any atom is 0.192 e. The van der Waals surface area contributed by atoms with Crippen molar-refractivity contribution in [1.29, 1.82) is 0 Å². The Labute approximate surface area is 176 Å². The normalized spacial score (nSPS) is 21.1. The summed E-state index contributed by atoms with van der Waals surface area (Å²) in [6.45, 7) is 8.53. The van der Waals surface area contributed by atoms with Crippen molar-refractivity contribution in [2.45, 2.75) is 52.7 Å². The molecule has 0 amide bonds. The summed E-state index contributed by atoms with van der Waals surface area (Å²) in [6.07, 6.45) is 3.68. The number of benzene rings is 1. The summed E-state index contributed by atoms with van der Waals surface area (Å²) >= 11 is 0. The molecular formula is C23H28N4O3. The zero-order valence-corrected chi connectivity index (χ0v) is 17.8. The number of fused-ring (bicyclic) bond motifs is 1. The number of hydrogen-bond acceptors (Lipinski definition) is 7. The highest BCUT2D eigenvalue weighted by molar-refractivity contribution is 5.80. The topological polar surface area (TPSA) is 84.5 Å². The number of hydrogen-bond donors (Lipinski definition) is 1. The summed E-state index contributed by atoms with van der Waals surface area (Å²) in [5.74, 6) is 1.44. The fourth-order valence-electron chi connectivity index (χ4n) is 4.95. The molecule has 0 unspecified atom stereocenters. The largest absolute Gasteiger partial charge is 0.441 e. The van der Waals surface area contributed by atoms with Crippen LogP contribution in [-0.2, 0) is 11.3 Å². The monoisotopic (exact) mass is 408 g/mol. The van der Waals surface area contributed by atoms with Crippen LogP contribution in [0.5, 0.6) is 0 Å². The van der Waals surface area contributed by atoms with Crippen LogP contribution in [0.25, 0.3) is 22.4 Å². The molecule has 1 spiro atoms. The Morgan fingerprint density at radius 1 is 1.17 bits per heavy atom. The van der Waals surface area contributed by atoms with Crippen LogP contribution in [-0.4, -0.2) is 45.9 Å². The molecule has 2 aliphatic heterocycles. The van der Waals surface area contributed by atoms with E-state index >= 15 is 0 Å². The van der Waals surface area contributed by atoms with Crippen LogP contribution in [0.1, 0.15) is 43.5 Å². The predicted octanol–water partition coefficient (Wildman–Crippen LogP) is 3.79. The van der Waals surface area contributed by atoms with Gasteiger partial charge in [0, 0.05) is 25.6 Å². The van der Waals surface area contributed by atoms with E-state index in [1.54, 1.807) is 0 Å². The first kappa shape index (κ1) is 19.5. The van der Waals surface area contributed by atoms with E-state index in [1.807, 2.05) is 32.0 Å². The second kappa shape index (κ2) is 7.32. The van der Waals surface area contributed by atoms with Crippen LogP contribution in [0.4, 0.5) is 5.82 Å². The molecule has 4 heterocycles. The number of ether oxygens (including phenoxy) is 1. The minimum absolute atomic E-state index is 0.138. The maximum absolute atomic E-state index is 10.0. The van der Waals surface area contributed by atoms with E-state index in [0.29, 0.717) is 23.1 Å². The van der Waals surface area contributed by atoms with Gasteiger partial charge in [0.15, 0.2) is 17.3 Å². The van der Waals surface area contributed by atoms with E-state index in [-0.39, 0.29) is 6.61 Å². The molecule has 1 N–H and O–H groups in total. The van der Waals surface area contributed by atoms with Gasteiger partial charge < -0.3 is 19.2 Å². The maximum atomic E-state index is 10.0. The van der Waals surface area contributed by atoms with E-state index in [0.717, 1.165) is 72.8 Å². The fourth-order valence-corrected chi connectivity index (χ4v) is 4.95. The fraction of sp³-hybridized carbons (Fsp3) is 0.522. The van der Waals surface area contributed by atoms with Gasteiger partial charge in [0.1, 0.15) is 11.2 Å². The number of aromatic nitrogens is 3. The summed E-state index contributed by atoms with van der Waals surface area (Å²) < 4.78 is 11.5. The molecule has 7 heteroatoms. The van der Waals surface area contributed by atoms with Crippen LogP contribution in [0.2, 0.25) is 0 Å². The minimum atomic E-state index is -0.138. The van der Waals surface area contributed by atoms with Crippen LogP contribution in [0, 0.1) is 19.3 Å². The Balaban J connectivity index is 1.44. The van der Waals surface area contributed by atoms with E-state index < -0.39 is 0 Å². The molecule has 0 bridgehead atoms. The lowest BCUT2D eigenvalue weighted by Gasteiger charge is -2.39. The molecular weight excluding hydrogens is 380 g/mol. The number of nitrogens with zero attached hydrogens (tertiary/aromatic N) is 4. The molecule has 0 radical (unpaired) electrons. The molecule has 2 aromatic heterocycles. The first-order chi connectivity index (χ1) is 14.5. The Morgan fingerprint density at radius 3 is 2.67 bits per heavy atom. The van der Waals surface area contributed by atoms with E-state index in [1.165, 1.54) is 0 Å². The molecule has 1 atom stereocenters. The third-order valence-electron chi connectivity index (χ3n) is 6.56. The first-order valence-electron chi connectivity index (χ1n) is 10.7. The Hall–Kier alpha value is -2.51. The summed E-state index contributed by atoms with van der Waals surface area (Å²) in [4.78, 5) is 16.3. The molecule has 30 heavy (non-hydrogen) atoms. The van der Waals surface area contributed by atoms with Crippen LogP contribution in [0.3, 0.4) is 0 Å². The van der Waals surface area contributed by atoms with Crippen molar-refractivity contribution in [1.82, 2.24) is 15.0 Å². The van der Waals surface area contributed by atoms with Crippen molar-refractivity contribution in [2.75, 3.05) is 24.6 Å². The highest BCUT2D eigenvalue weighted by Gasteiger charge is 2.41. The Kier molecular flexibility index (Phi) is 4.75. The number of aliphatic hydroxyl groups excluding tert-OH is 1. The second-order valence-electron chi connectivity index (χ2n) is 8.81. The quantitative estimate of drug-likeness (QED) is 0.706. The van der Waals surface area contributed by atoms with Crippen molar-refractivity contribution >= 4 is 16.9 Å². The molecule has 3 aromatic rings. The molecule has 1 aromatic carbocycles. The van der Waals surface area contributed by atoms with Gasteiger partial charge >= 0.3 is 0 Å². The summed E-state index contributed by atoms with van der Waals surface area (Å²) in [5, 5.41) is 10.0. The average molecular weight is 409 g/mol. The molecule has 5 rings (SSSR count). The van der Waals surface area contributed by atoms with Crippen molar-refractivity contribution in [3.8, 4) is 11.3 Å².